The van der Waals surface area contributed by atoms with Gasteiger partial charge in [-0.15, -0.1) is 0 Å². The molecule has 1 N–H and O–H groups in total. The molecule has 0 unspecified atom stereocenters. The maximum atomic E-state index is 11.5. The molecule has 0 bridgehead atoms. The third-order valence-electron chi connectivity index (χ3n) is 3.59. The molecule has 6 nitrogen and oxygen atoms in total. The second-order valence-corrected chi connectivity index (χ2v) is 5.62. The molecule has 1 aromatic heterocycles. The minimum atomic E-state index is -1.05. The molecule has 3 aromatic rings. The van der Waals surface area contributed by atoms with Crippen molar-refractivity contribution in [1.82, 2.24) is 4.98 Å². The maximum absolute atomic E-state index is 11.5. The fourth-order valence-corrected chi connectivity index (χ4v) is 2.59. The lowest BCUT2D eigenvalue weighted by Crippen LogP contribution is -2.00. The van der Waals surface area contributed by atoms with Gasteiger partial charge in [-0.2, -0.15) is 0 Å². The number of para-hydroxylation sites is 1. The zero-order valence-electron chi connectivity index (χ0n) is 12.7. The average molecular weight is 355 g/mol. The Balaban J connectivity index is 2.06. The molecule has 3 rings (SSSR count). The van der Waals surface area contributed by atoms with Gasteiger partial charge in [-0.3, -0.25) is 10.1 Å². The lowest BCUT2D eigenvalue weighted by molar-refractivity contribution is -0.384. The molecule has 0 amide bonds. The quantitative estimate of drug-likeness (QED) is 0.543. The van der Waals surface area contributed by atoms with E-state index < -0.39 is 10.9 Å². The van der Waals surface area contributed by atoms with E-state index in [0.717, 1.165) is 0 Å². The molecule has 0 atom stereocenters. The van der Waals surface area contributed by atoms with E-state index in [1.165, 1.54) is 24.3 Å². The largest absolute Gasteiger partial charge is 0.478 e. The summed E-state index contributed by atoms with van der Waals surface area (Å²) in [6, 6.07) is 12.5. The van der Waals surface area contributed by atoms with Crippen LogP contribution in [-0.4, -0.2) is 21.0 Å². The molecule has 0 aliphatic rings. The Labute approximate surface area is 147 Å². The first-order valence-electron chi connectivity index (χ1n) is 7.21. The number of nitro groups is 1. The average Bonchev–Trinajstić information content (AvgIpc) is 2.60. The first kappa shape index (κ1) is 16.6. The standard InChI is InChI=1S/C18H11ClN2O4/c19-16-8-7-13(21(24)25)9-11(16)5-6-12-10-15(18(22)23)14-3-1-2-4-17(14)20-12/h1-10H,(H,22,23)/b6-5+. The summed E-state index contributed by atoms with van der Waals surface area (Å²) in [6.45, 7) is 0. The highest BCUT2D eigenvalue weighted by Crippen LogP contribution is 2.25. The number of carboxylic acids is 1. The van der Waals surface area contributed by atoms with Crippen LogP contribution in [-0.2, 0) is 0 Å². The van der Waals surface area contributed by atoms with E-state index in [0.29, 0.717) is 27.2 Å². The van der Waals surface area contributed by atoms with E-state index >= 15 is 0 Å². The number of aromatic carboxylic acids is 1. The lowest BCUT2D eigenvalue weighted by Gasteiger charge is -2.04. The summed E-state index contributed by atoms with van der Waals surface area (Å²) in [4.78, 5) is 26.2. The van der Waals surface area contributed by atoms with Gasteiger partial charge in [-0.05, 0) is 29.8 Å². The smallest absolute Gasteiger partial charge is 0.336 e. The predicted octanol–water partition coefficient (Wildman–Crippen LogP) is 4.67. The molecule has 2 aromatic carbocycles. The lowest BCUT2D eigenvalue weighted by atomic mass is 10.1. The summed E-state index contributed by atoms with van der Waals surface area (Å²) in [5.41, 5.74) is 1.46. The number of aromatic nitrogens is 1. The Morgan fingerprint density at radius 3 is 2.64 bits per heavy atom. The number of nitro benzene ring substituents is 1. The highest BCUT2D eigenvalue weighted by atomic mass is 35.5. The van der Waals surface area contributed by atoms with E-state index in [9.17, 15) is 20.0 Å². The summed E-state index contributed by atoms with van der Waals surface area (Å²) < 4.78 is 0. The van der Waals surface area contributed by atoms with E-state index in [1.807, 2.05) is 0 Å². The highest BCUT2D eigenvalue weighted by molar-refractivity contribution is 6.32. The number of hydrogen-bond acceptors (Lipinski definition) is 4. The van der Waals surface area contributed by atoms with Gasteiger partial charge in [0.2, 0.25) is 0 Å². The van der Waals surface area contributed by atoms with Crippen molar-refractivity contribution in [2.45, 2.75) is 0 Å². The number of non-ortho nitro benzene ring substituents is 1. The number of pyridine rings is 1. The maximum Gasteiger partial charge on any atom is 0.336 e. The van der Waals surface area contributed by atoms with Crippen molar-refractivity contribution in [2.24, 2.45) is 0 Å². The molecule has 0 aliphatic heterocycles. The number of rotatable bonds is 4. The Kier molecular flexibility index (Phi) is 4.45. The summed E-state index contributed by atoms with van der Waals surface area (Å²) in [7, 11) is 0. The molecule has 0 fully saturated rings. The molecule has 0 spiro atoms. The Hall–Kier alpha value is -3.25. The number of fused-ring (bicyclic) bond motifs is 1. The minimum Gasteiger partial charge on any atom is -0.478 e. The number of halogens is 1. The van der Waals surface area contributed by atoms with Gasteiger partial charge in [-0.1, -0.05) is 35.9 Å². The van der Waals surface area contributed by atoms with Crippen molar-refractivity contribution < 1.29 is 14.8 Å². The van der Waals surface area contributed by atoms with Crippen LogP contribution in [0.4, 0.5) is 5.69 Å². The van der Waals surface area contributed by atoms with E-state index in [1.54, 1.807) is 36.4 Å². The van der Waals surface area contributed by atoms with Crippen molar-refractivity contribution in [3.05, 3.63) is 80.5 Å². The Bertz CT molecular complexity index is 1030. The van der Waals surface area contributed by atoms with Crippen LogP contribution < -0.4 is 0 Å². The van der Waals surface area contributed by atoms with Gasteiger partial charge >= 0.3 is 5.97 Å². The molecular formula is C18H11ClN2O4. The van der Waals surface area contributed by atoms with Gasteiger partial charge in [0.25, 0.3) is 5.69 Å². The van der Waals surface area contributed by atoms with Crippen LogP contribution in [0.3, 0.4) is 0 Å². The third kappa shape index (κ3) is 3.49. The van der Waals surface area contributed by atoms with Crippen molar-refractivity contribution in [3.8, 4) is 0 Å². The molecule has 124 valence electrons. The van der Waals surface area contributed by atoms with E-state index in [-0.39, 0.29) is 11.3 Å². The zero-order chi connectivity index (χ0) is 18.0. The Morgan fingerprint density at radius 2 is 1.92 bits per heavy atom. The van der Waals surface area contributed by atoms with Crippen LogP contribution in [0.5, 0.6) is 0 Å². The SMILES string of the molecule is O=C(O)c1cc(/C=C/c2cc([N+](=O)[O-])ccc2Cl)nc2ccccc12. The normalized spacial score (nSPS) is 11.1. The van der Waals surface area contributed by atoms with E-state index in [2.05, 4.69) is 4.98 Å². The van der Waals surface area contributed by atoms with Crippen LogP contribution in [0.25, 0.3) is 23.1 Å². The monoisotopic (exact) mass is 354 g/mol. The third-order valence-corrected chi connectivity index (χ3v) is 3.93. The van der Waals surface area contributed by atoms with Crippen LogP contribution in [0.2, 0.25) is 5.02 Å². The van der Waals surface area contributed by atoms with Gasteiger partial charge in [0.05, 0.1) is 21.7 Å². The molecule has 25 heavy (non-hydrogen) atoms. The second kappa shape index (κ2) is 6.70. The van der Waals surface area contributed by atoms with Crippen molar-refractivity contribution in [2.75, 3.05) is 0 Å². The van der Waals surface area contributed by atoms with E-state index in [4.69, 9.17) is 11.6 Å². The van der Waals surface area contributed by atoms with Crippen molar-refractivity contribution in [1.29, 1.82) is 0 Å². The predicted molar refractivity (Wildman–Crippen MR) is 95.7 cm³/mol. The molecule has 0 radical (unpaired) electrons. The van der Waals surface area contributed by atoms with Crippen LogP contribution in [0.15, 0.2) is 48.5 Å². The van der Waals surface area contributed by atoms with Gasteiger partial charge in [0.15, 0.2) is 0 Å². The van der Waals surface area contributed by atoms with Gasteiger partial charge in [-0.25, -0.2) is 9.78 Å². The van der Waals surface area contributed by atoms with Crippen LogP contribution >= 0.6 is 11.6 Å². The number of carbonyl (C=O) groups is 1. The zero-order valence-corrected chi connectivity index (χ0v) is 13.5. The number of hydrogen-bond donors (Lipinski definition) is 1. The first-order valence-corrected chi connectivity index (χ1v) is 7.58. The second-order valence-electron chi connectivity index (χ2n) is 5.21. The van der Waals surface area contributed by atoms with Gasteiger partial charge in [0, 0.05) is 22.5 Å². The number of carboxylic acid groups (broad SMARTS) is 1. The molecule has 0 saturated carbocycles. The minimum absolute atomic E-state index is 0.0817. The molecule has 0 saturated heterocycles. The van der Waals surface area contributed by atoms with Gasteiger partial charge in [0.1, 0.15) is 0 Å². The first-order chi connectivity index (χ1) is 12.0. The number of nitrogens with zero attached hydrogens (tertiary/aromatic N) is 2. The fourth-order valence-electron chi connectivity index (χ4n) is 2.41. The van der Waals surface area contributed by atoms with Crippen molar-refractivity contribution in [3.63, 3.8) is 0 Å². The van der Waals surface area contributed by atoms with Gasteiger partial charge < -0.3 is 5.11 Å². The summed E-state index contributed by atoms with van der Waals surface area (Å²) in [5, 5.41) is 21.1. The van der Waals surface area contributed by atoms with Crippen LogP contribution in [0.1, 0.15) is 21.6 Å². The molecular weight excluding hydrogens is 344 g/mol. The molecule has 7 heteroatoms. The summed E-state index contributed by atoms with van der Waals surface area (Å²) >= 11 is 6.06. The van der Waals surface area contributed by atoms with Crippen molar-refractivity contribution >= 4 is 46.3 Å². The Morgan fingerprint density at radius 1 is 1.16 bits per heavy atom. The van der Waals surface area contributed by atoms with Crippen LogP contribution in [0, 0.1) is 10.1 Å². The molecule has 1 heterocycles. The summed E-state index contributed by atoms with van der Waals surface area (Å²) in [5.74, 6) is -1.05. The fraction of sp³-hybridized carbons (Fsp3) is 0. The summed E-state index contributed by atoms with van der Waals surface area (Å²) in [6.07, 6.45) is 3.14. The topological polar surface area (TPSA) is 93.3 Å². The number of benzene rings is 2. The molecule has 0 aliphatic carbocycles. The highest BCUT2D eigenvalue weighted by Gasteiger charge is 2.11.